The van der Waals surface area contributed by atoms with Crippen LogP contribution in [0.2, 0.25) is 0 Å². The summed E-state index contributed by atoms with van der Waals surface area (Å²) < 4.78 is 28.9. The van der Waals surface area contributed by atoms with Crippen molar-refractivity contribution in [2.45, 2.75) is 36.6 Å². The predicted molar refractivity (Wildman–Crippen MR) is 104 cm³/mol. The van der Waals surface area contributed by atoms with Gasteiger partial charge >= 0.3 is 0 Å². The minimum atomic E-state index is -3.58. The highest BCUT2D eigenvalue weighted by Crippen LogP contribution is 2.30. The summed E-state index contributed by atoms with van der Waals surface area (Å²) in [6.45, 7) is 0. The highest BCUT2D eigenvalue weighted by Gasteiger charge is 2.25. The number of fused-ring (bicyclic) bond motifs is 1. The lowest BCUT2D eigenvalue weighted by Crippen LogP contribution is -2.29. The van der Waals surface area contributed by atoms with E-state index in [0.29, 0.717) is 4.90 Å². The zero-order chi connectivity index (χ0) is 17.3. The van der Waals surface area contributed by atoms with Gasteiger partial charge < -0.3 is 0 Å². The summed E-state index contributed by atoms with van der Waals surface area (Å²) >= 11 is 3.14. The molecule has 1 atom stereocenters. The number of aryl methyl sites for hydroxylation is 2. The van der Waals surface area contributed by atoms with Crippen LogP contribution >= 0.6 is 22.7 Å². The largest absolute Gasteiger partial charge is 0.241 e. The van der Waals surface area contributed by atoms with Gasteiger partial charge in [-0.25, -0.2) is 8.42 Å². The van der Waals surface area contributed by atoms with E-state index in [4.69, 9.17) is 0 Å². The highest BCUT2D eigenvalue weighted by atomic mass is 32.2. The minimum absolute atomic E-state index is 0.340. The molecule has 1 aliphatic carbocycles. The van der Waals surface area contributed by atoms with Crippen LogP contribution in [-0.4, -0.2) is 8.42 Å². The quantitative estimate of drug-likeness (QED) is 0.684. The zero-order valence-corrected chi connectivity index (χ0v) is 16.1. The number of hydrogen-bond acceptors (Lipinski definition) is 4. The maximum absolute atomic E-state index is 13.0. The Balaban J connectivity index is 1.67. The fourth-order valence-electron chi connectivity index (χ4n) is 3.29. The number of benzene rings is 1. The molecule has 1 aliphatic rings. The lowest BCUT2D eigenvalue weighted by molar-refractivity contribution is 0.573. The molecule has 0 radical (unpaired) electrons. The van der Waals surface area contributed by atoms with E-state index in [1.54, 1.807) is 28.7 Å². The molecule has 3 aromatic rings. The van der Waals surface area contributed by atoms with Gasteiger partial charge in [0.25, 0.3) is 0 Å². The first-order chi connectivity index (χ1) is 12.1. The van der Waals surface area contributed by atoms with Crippen molar-refractivity contribution in [2.75, 3.05) is 0 Å². The first-order valence-electron chi connectivity index (χ1n) is 8.33. The Morgan fingerprint density at radius 1 is 1.00 bits per heavy atom. The van der Waals surface area contributed by atoms with Gasteiger partial charge in [-0.2, -0.15) is 16.1 Å². The summed E-state index contributed by atoms with van der Waals surface area (Å²) in [4.78, 5) is 1.37. The standard InChI is InChI=1S/C19H19NO2S3/c21-25(22,17-8-7-14-4-1-2-5-15(14)12-17)20-19(16-9-11-23-13-16)18-6-3-10-24-18/h3,6-13,19-20H,1-2,4-5H2/t19-/m1/s1. The number of rotatable bonds is 5. The normalized spacial score (nSPS) is 15.7. The molecular formula is C19H19NO2S3. The Morgan fingerprint density at radius 3 is 2.56 bits per heavy atom. The molecule has 0 saturated heterocycles. The average Bonchev–Trinajstić information content (AvgIpc) is 3.33. The van der Waals surface area contributed by atoms with Crippen molar-refractivity contribution < 1.29 is 8.42 Å². The van der Waals surface area contributed by atoms with Crippen molar-refractivity contribution in [3.05, 3.63) is 74.1 Å². The summed E-state index contributed by atoms with van der Waals surface area (Å²) in [7, 11) is -3.58. The average molecular weight is 390 g/mol. The molecule has 0 bridgehead atoms. The second-order valence-corrected chi connectivity index (χ2v) is 9.74. The van der Waals surface area contributed by atoms with Crippen molar-refractivity contribution in [2.24, 2.45) is 0 Å². The van der Waals surface area contributed by atoms with Crippen LogP contribution in [0.1, 0.15) is 40.5 Å². The number of hydrogen-bond donors (Lipinski definition) is 1. The van der Waals surface area contributed by atoms with E-state index in [1.807, 2.05) is 46.5 Å². The molecule has 0 spiro atoms. The molecule has 0 unspecified atom stereocenters. The van der Waals surface area contributed by atoms with Gasteiger partial charge in [0, 0.05) is 4.88 Å². The van der Waals surface area contributed by atoms with Crippen molar-refractivity contribution in [1.29, 1.82) is 0 Å². The van der Waals surface area contributed by atoms with Gasteiger partial charge in [0.05, 0.1) is 10.9 Å². The summed E-state index contributed by atoms with van der Waals surface area (Å²) in [6, 6.07) is 11.1. The molecule has 6 heteroatoms. The van der Waals surface area contributed by atoms with Crippen LogP contribution in [0.5, 0.6) is 0 Å². The van der Waals surface area contributed by atoms with Crippen molar-refractivity contribution in [3.63, 3.8) is 0 Å². The molecule has 2 heterocycles. The van der Waals surface area contributed by atoms with Crippen LogP contribution in [0.15, 0.2) is 57.4 Å². The van der Waals surface area contributed by atoms with Crippen LogP contribution in [-0.2, 0) is 22.9 Å². The van der Waals surface area contributed by atoms with Gasteiger partial charge in [-0.1, -0.05) is 12.1 Å². The number of nitrogens with one attached hydrogen (secondary N) is 1. The predicted octanol–water partition coefficient (Wildman–Crippen LogP) is 4.76. The van der Waals surface area contributed by atoms with Gasteiger partial charge in [0.2, 0.25) is 10.0 Å². The highest BCUT2D eigenvalue weighted by molar-refractivity contribution is 7.89. The van der Waals surface area contributed by atoms with E-state index in [2.05, 4.69) is 4.72 Å². The van der Waals surface area contributed by atoms with Crippen molar-refractivity contribution >= 4 is 32.7 Å². The zero-order valence-electron chi connectivity index (χ0n) is 13.6. The Morgan fingerprint density at radius 2 is 1.84 bits per heavy atom. The number of thiophene rings is 2. The second-order valence-electron chi connectivity index (χ2n) is 6.26. The Labute approximate surface area is 156 Å². The van der Waals surface area contributed by atoms with Gasteiger partial charge in [-0.3, -0.25) is 0 Å². The first kappa shape index (κ1) is 17.0. The molecule has 0 saturated carbocycles. The van der Waals surface area contributed by atoms with E-state index < -0.39 is 10.0 Å². The molecule has 25 heavy (non-hydrogen) atoms. The summed E-state index contributed by atoms with van der Waals surface area (Å²) in [5.74, 6) is 0. The maximum Gasteiger partial charge on any atom is 0.241 e. The molecular weight excluding hydrogens is 370 g/mol. The molecule has 1 N–H and O–H groups in total. The third-order valence-electron chi connectivity index (χ3n) is 4.61. The fraction of sp³-hybridized carbons (Fsp3) is 0.263. The smallest absolute Gasteiger partial charge is 0.207 e. The molecule has 2 aromatic heterocycles. The third kappa shape index (κ3) is 3.58. The van der Waals surface area contributed by atoms with Gasteiger partial charge in [-0.15, -0.1) is 11.3 Å². The van der Waals surface area contributed by atoms with Crippen LogP contribution in [0.3, 0.4) is 0 Å². The SMILES string of the molecule is O=S(=O)(N[C@H](c1ccsc1)c1cccs1)c1ccc2c(c1)CCCC2. The van der Waals surface area contributed by atoms with Crippen molar-refractivity contribution in [1.82, 2.24) is 4.72 Å². The topological polar surface area (TPSA) is 46.2 Å². The third-order valence-corrected chi connectivity index (χ3v) is 7.67. The minimum Gasteiger partial charge on any atom is -0.207 e. The number of sulfonamides is 1. The molecule has 130 valence electrons. The van der Waals surface area contributed by atoms with Gasteiger partial charge in [0.15, 0.2) is 0 Å². The molecule has 0 fully saturated rings. The van der Waals surface area contributed by atoms with Crippen LogP contribution < -0.4 is 4.72 Å². The monoisotopic (exact) mass is 389 g/mol. The van der Waals surface area contributed by atoms with E-state index >= 15 is 0 Å². The molecule has 4 rings (SSSR count). The van der Waals surface area contributed by atoms with Gasteiger partial charge in [0.1, 0.15) is 0 Å². The Hall–Kier alpha value is -1.47. The molecule has 0 amide bonds. The molecule has 0 aliphatic heterocycles. The van der Waals surface area contributed by atoms with Crippen LogP contribution in [0.25, 0.3) is 0 Å². The van der Waals surface area contributed by atoms with E-state index in [0.717, 1.165) is 29.7 Å². The second kappa shape index (κ2) is 7.03. The maximum atomic E-state index is 13.0. The first-order valence-corrected chi connectivity index (χ1v) is 11.6. The van der Waals surface area contributed by atoms with E-state index in [1.165, 1.54) is 17.5 Å². The van der Waals surface area contributed by atoms with Gasteiger partial charge in [-0.05, 0) is 82.8 Å². The summed E-state index contributed by atoms with van der Waals surface area (Å²) in [6.07, 6.45) is 4.35. The van der Waals surface area contributed by atoms with E-state index in [-0.39, 0.29) is 6.04 Å². The van der Waals surface area contributed by atoms with Crippen LogP contribution in [0, 0.1) is 0 Å². The summed E-state index contributed by atoms with van der Waals surface area (Å²) in [5, 5.41) is 5.95. The molecule has 3 nitrogen and oxygen atoms in total. The Bertz CT molecular complexity index is 910. The Kier molecular flexibility index (Phi) is 4.78. The molecule has 1 aromatic carbocycles. The van der Waals surface area contributed by atoms with Crippen molar-refractivity contribution in [3.8, 4) is 0 Å². The summed E-state index contributed by atoms with van der Waals surface area (Å²) in [5.41, 5.74) is 3.45. The van der Waals surface area contributed by atoms with Crippen LogP contribution in [0.4, 0.5) is 0 Å². The lowest BCUT2D eigenvalue weighted by atomic mass is 9.92. The lowest BCUT2D eigenvalue weighted by Gasteiger charge is -2.19. The fourth-order valence-corrected chi connectivity index (χ4v) is 6.10. The van der Waals surface area contributed by atoms with E-state index in [9.17, 15) is 8.42 Å².